The summed E-state index contributed by atoms with van der Waals surface area (Å²) in [6, 6.07) is 3.04. The Bertz CT molecular complexity index is 519. The van der Waals surface area contributed by atoms with Gasteiger partial charge in [0, 0.05) is 22.7 Å². The molecule has 0 amide bonds. The normalized spacial score (nSPS) is 11.6. The Balaban J connectivity index is 2.80. The smallest absolute Gasteiger partial charge is 0.169 e. The van der Waals surface area contributed by atoms with Crippen molar-refractivity contribution in [3.63, 3.8) is 0 Å². The van der Waals surface area contributed by atoms with Crippen LogP contribution in [0.25, 0.3) is 11.0 Å². The predicted octanol–water partition coefficient (Wildman–Crippen LogP) is 1.53. The van der Waals surface area contributed by atoms with Gasteiger partial charge in [-0.3, -0.25) is 4.79 Å². The molecule has 2 N–H and O–H groups in total. The van der Waals surface area contributed by atoms with E-state index in [1.54, 1.807) is 6.92 Å². The molecule has 0 atom stereocenters. The number of hydrogen-bond donors (Lipinski definition) is 1. The lowest BCUT2D eigenvalue weighted by molar-refractivity contribution is 0.112. The summed E-state index contributed by atoms with van der Waals surface area (Å²) in [4.78, 5) is 10.9. The number of nitrogens with zero attached hydrogens (tertiary/aromatic N) is 1. The highest BCUT2D eigenvalue weighted by molar-refractivity contribution is 5.93. The zero-order valence-corrected chi connectivity index (χ0v) is 7.00. The van der Waals surface area contributed by atoms with Crippen LogP contribution in [-0.2, 0) is 0 Å². The summed E-state index contributed by atoms with van der Waals surface area (Å²) in [5, 5.41) is 4.45. The number of nitrogens with two attached hydrogens (primary N) is 1. The van der Waals surface area contributed by atoms with Crippen molar-refractivity contribution < 1.29 is 10.7 Å². The summed E-state index contributed by atoms with van der Waals surface area (Å²) in [7, 11) is 0. The number of fused-ring (bicyclic) bond motifs is 1. The number of rotatable bonds is 1. The van der Waals surface area contributed by atoms with Gasteiger partial charge in [-0.05, 0) is 13.0 Å². The van der Waals surface area contributed by atoms with E-state index in [9.17, 15) is 4.79 Å². The lowest BCUT2D eigenvalue weighted by Gasteiger charge is -1.96. The van der Waals surface area contributed by atoms with Crippen LogP contribution in [0.15, 0.2) is 16.7 Å². The van der Waals surface area contributed by atoms with E-state index in [1.165, 1.54) is 12.1 Å². The van der Waals surface area contributed by atoms with Gasteiger partial charge in [-0.2, -0.15) is 0 Å². The maximum atomic E-state index is 10.9. The lowest BCUT2D eigenvalue weighted by atomic mass is 10.1. The van der Waals surface area contributed by atoms with Gasteiger partial charge in [0.1, 0.15) is 1.37 Å². The van der Waals surface area contributed by atoms with Crippen molar-refractivity contribution in [2.75, 3.05) is 5.73 Å². The second-order valence-corrected chi connectivity index (χ2v) is 2.81. The molecule has 4 nitrogen and oxygen atoms in total. The van der Waals surface area contributed by atoms with E-state index >= 15 is 0 Å². The molecule has 13 heavy (non-hydrogen) atoms. The molecular formula is C9H8N2O2. The van der Waals surface area contributed by atoms with Gasteiger partial charge in [0.2, 0.25) is 0 Å². The third kappa shape index (κ3) is 1.07. The first-order valence-corrected chi connectivity index (χ1v) is 3.76. The van der Waals surface area contributed by atoms with Gasteiger partial charge in [0.05, 0.1) is 5.69 Å². The molecule has 0 spiro atoms. The highest BCUT2D eigenvalue weighted by Crippen LogP contribution is 2.23. The molecule has 0 saturated heterocycles. The number of benzene rings is 1. The molecule has 0 fully saturated rings. The molecule has 66 valence electrons. The maximum Gasteiger partial charge on any atom is 0.169 e. The number of aldehydes is 1. The van der Waals surface area contributed by atoms with E-state index in [0.717, 1.165) is 5.39 Å². The number of anilines is 1. The monoisotopic (exact) mass is 177 g/mol. The molecule has 0 aliphatic heterocycles. The molecular weight excluding hydrogens is 168 g/mol. The SMILES string of the molecule is [2H]C(=O)c1cc2c(C)noc2cc1N. The van der Waals surface area contributed by atoms with E-state index in [4.69, 9.17) is 11.6 Å². The average Bonchev–Trinajstić information content (AvgIpc) is 2.46. The fourth-order valence-corrected chi connectivity index (χ4v) is 1.21. The van der Waals surface area contributed by atoms with Crippen LogP contribution < -0.4 is 5.73 Å². The highest BCUT2D eigenvalue weighted by Gasteiger charge is 2.07. The molecule has 4 heteroatoms. The number of carbonyl (C=O) groups is 1. The molecule has 1 aromatic heterocycles. The number of nitrogen functional groups attached to an aromatic ring is 1. The molecule has 2 aromatic rings. The molecule has 2 rings (SSSR count). The average molecular weight is 177 g/mol. The molecule has 0 bridgehead atoms. The molecule has 1 aromatic carbocycles. The van der Waals surface area contributed by atoms with Gasteiger partial charge in [-0.1, -0.05) is 5.16 Å². The summed E-state index contributed by atoms with van der Waals surface area (Å²) < 4.78 is 12.0. The van der Waals surface area contributed by atoms with Crippen LogP contribution in [-0.4, -0.2) is 11.4 Å². The molecule has 1 heterocycles. The van der Waals surface area contributed by atoms with Gasteiger partial charge in [0.15, 0.2) is 11.8 Å². The van der Waals surface area contributed by atoms with E-state index in [2.05, 4.69) is 5.16 Å². The lowest BCUT2D eigenvalue weighted by Crippen LogP contribution is -1.91. The van der Waals surface area contributed by atoms with Crippen molar-refractivity contribution in [3.05, 3.63) is 23.4 Å². The van der Waals surface area contributed by atoms with Crippen LogP contribution >= 0.6 is 0 Å². The van der Waals surface area contributed by atoms with Gasteiger partial charge >= 0.3 is 0 Å². The second-order valence-electron chi connectivity index (χ2n) is 2.81. The first-order chi connectivity index (χ1) is 6.59. The zero-order chi connectivity index (χ0) is 10.3. The first kappa shape index (κ1) is 6.65. The third-order valence-electron chi connectivity index (χ3n) is 1.93. The number of carbonyl (C=O) groups excluding carboxylic acids is 1. The van der Waals surface area contributed by atoms with Crippen molar-refractivity contribution in [2.45, 2.75) is 6.92 Å². The Kier molecular flexibility index (Phi) is 1.32. The summed E-state index contributed by atoms with van der Waals surface area (Å²) in [6.45, 7) is 1.76. The van der Waals surface area contributed by atoms with Gasteiger partial charge in [-0.15, -0.1) is 0 Å². The molecule has 0 radical (unpaired) electrons. The van der Waals surface area contributed by atoms with Gasteiger partial charge in [-0.25, -0.2) is 0 Å². The fraction of sp³-hybridized carbons (Fsp3) is 0.111. The standard InChI is InChI=1S/C9H8N2O2/c1-5-7-2-6(4-12)8(10)3-9(7)13-11-5/h2-4H,10H2,1H3/i4D. The topological polar surface area (TPSA) is 69.1 Å². The Morgan fingerprint density at radius 3 is 3.15 bits per heavy atom. The fourth-order valence-electron chi connectivity index (χ4n) is 1.21. The van der Waals surface area contributed by atoms with Crippen molar-refractivity contribution >= 4 is 22.9 Å². The van der Waals surface area contributed by atoms with E-state index in [-0.39, 0.29) is 11.3 Å². The zero-order valence-electron chi connectivity index (χ0n) is 8.00. The van der Waals surface area contributed by atoms with E-state index in [0.29, 0.717) is 11.3 Å². The first-order valence-electron chi connectivity index (χ1n) is 4.26. The van der Waals surface area contributed by atoms with Crippen molar-refractivity contribution in [2.24, 2.45) is 0 Å². The van der Waals surface area contributed by atoms with Crippen LogP contribution in [0.4, 0.5) is 5.69 Å². The number of aromatic nitrogens is 1. The van der Waals surface area contributed by atoms with E-state index in [1.807, 2.05) is 0 Å². The summed E-state index contributed by atoms with van der Waals surface area (Å²) in [5.74, 6) is 0. The maximum absolute atomic E-state index is 10.9. The van der Waals surface area contributed by atoms with Crippen molar-refractivity contribution in [3.8, 4) is 0 Å². The number of aryl methyl sites for hydroxylation is 1. The van der Waals surface area contributed by atoms with Crippen molar-refractivity contribution in [1.29, 1.82) is 0 Å². The largest absolute Gasteiger partial charge is 0.398 e. The molecule has 0 saturated carbocycles. The Morgan fingerprint density at radius 2 is 2.46 bits per heavy atom. The quantitative estimate of drug-likeness (QED) is 0.529. The van der Waals surface area contributed by atoms with Crippen LogP contribution in [0.5, 0.6) is 0 Å². The molecule has 0 aliphatic carbocycles. The Labute approximate surface area is 75.7 Å². The highest BCUT2D eigenvalue weighted by atomic mass is 16.5. The van der Waals surface area contributed by atoms with Crippen LogP contribution in [0.2, 0.25) is 0 Å². The summed E-state index contributed by atoms with van der Waals surface area (Å²) >= 11 is 0. The molecule has 0 aliphatic rings. The van der Waals surface area contributed by atoms with Gasteiger partial charge < -0.3 is 10.3 Å². The van der Waals surface area contributed by atoms with Crippen molar-refractivity contribution in [1.82, 2.24) is 5.16 Å². The Morgan fingerprint density at radius 1 is 1.69 bits per heavy atom. The van der Waals surface area contributed by atoms with E-state index < -0.39 is 6.26 Å². The van der Waals surface area contributed by atoms with Crippen LogP contribution in [0.3, 0.4) is 0 Å². The minimum Gasteiger partial charge on any atom is -0.398 e. The van der Waals surface area contributed by atoms with Crippen LogP contribution in [0.1, 0.15) is 17.4 Å². The third-order valence-corrected chi connectivity index (χ3v) is 1.93. The summed E-state index contributed by atoms with van der Waals surface area (Å²) in [6.07, 6.45) is -0.801. The predicted molar refractivity (Wildman–Crippen MR) is 48.5 cm³/mol. The molecule has 0 unspecified atom stereocenters. The number of hydrogen-bond acceptors (Lipinski definition) is 4. The minimum absolute atomic E-state index is 0.184. The summed E-state index contributed by atoms with van der Waals surface area (Å²) in [5.41, 5.74) is 7.21. The van der Waals surface area contributed by atoms with Crippen LogP contribution in [0, 0.1) is 6.92 Å². The second kappa shape index (κ2) is 2.58. The Hall–Kier alpha value is -1.84. The minimum atomic E-state index is -0.801. The van der Waals surface area contributed by atoms with Gasteiger partial charge in [0.25, 0.3) is 0 Å².